The van der Waals surface area contributed by atoms with E-state index in [0.717, 1.165) is 87.6 Å². The van der Waals surface area contributed by atoms with Crippen LogP contribution in [-0.2, 0) is 17.6 Å². The van der Waals surface area contributed by atoms with E-state index in [4.69, 9.17) is 0 Å². The van der Waals surface area contributed by atoms with Crippen LogP contribution in [-0.4, -0.2) is 39.0 Å². The Morgan fingerprint density at radius 2 is 1.78 bits per heavy atom. The molecule has 2 atom stereocenters. The maximum atomic E-state index is 13.9. The van der Waals surface area contributed by atoms with E-state index in [0.29, 0.717) is 30.1 Å². The Morgan fingerprint density at radius 1 is 0.938 bits per heavy atom. The normalized spacial score (nSPS) is 23.8. The molecule has 0 N–H and O–H groups in total. The molecule has 2 unspecified atom stereocenters. The van der Waals surface area contributed by atoms with Gasteiger partial charge in [-0.05, 0) is 57.1 Å². The number of benzene rings is 1. The third-order valence-corrected chi connectivity index (χ3v) is 7.41. The number of nitrogens with zero attached hydrogens (tertiary/aromatic N) is 3. The second-order valence-electron chi connectivity index (χ2n) is 9.37. The van der Waals surface area contributed by atoms with Gasteiger partial charge in [-0.1, -0.05) is 19.3 Å². The minimum Gasteiger partial charge on any atom is -0.334 e. The first kappa shape index (κ1) is 21.3. The summed E-state index contributed by atoms with van der Waals surface area (Å²) in [6, 6.07) is 3.65. The summed E-state index contributed by atoms with van der Waals surface area (Å²) in [6.07, 6.45) is 9.72. The molecule has 1 saturated carbocycles. The zero-order valence-electron chi connectivity index (χ0n) is 18.3. The first-order valence-corrected chi connectivity index (χ1v) is 11.9. The van der Waals surface area contributed by atoms with E-state index < -0.39 is 11.6 Å². The predicted molar refractivity (Wildman–Crippen MR) is 116 cm³/mol. The van der Waals surface area contributed by atoms with Crippen LogP contribution in [0.3, 0.4) is 0 Å². The molecular weight excluding hydrogens is 412 g/mol. The van der Waals surface area contributed by atoms with Gasteiger partial charge in [0.15, 0.2) is 17.3 Å². The summed E-state index contributed by atoms with van der Waals surface area (Å²) in [7, 11) is 0. The number of aromatic nitrogens is 2. The highest BCUT2D eigenvalue weighted by atomic mass is 19.2. The van der Waals surface area contributed by atoms with Crippen molar-refractivity contribution in [1.29, 1.82) is 0 Å². The number of carbonyl (C=O) groups is 2. The van der Waals surface area contributed by atoms with E-state index >= 15 is 0 Å². The molecule has 1 saturated heterocycles. The number of ketones is 1. The number of rotatable bonds is 3. The Hall–Kier alpha value is -2.57. The molecule has 0 radical (unpaired) electrons. The third kappa shape index (κ3) is 3.76. The Bertz CT molecular complexity index is 1050. The van der Waals surface area contributed by atoms with Crippen LogP contribution in [0, 0.1) is 17.6 Å². The molecule has 1 amide bonds. The zero-order chi connectivity index (χ0) is 22.2. The average molecular weight is 442 g/mol. The maximum Gasteiger partial charge on any atom is 0.274 e. The largest absolute Gasteiger partial charge is 0.334 e. The van der Waals surface area contributed by atoms with Crippen molar-refractivity contribution in [1.82, 2.24) is 14.7 Å². The van der Waals surface area contributed by atoms with Crippen LogP contribution in [0.25, 0.3) is 5.69 Å². The SMILES string of the molecule is O=C1CCCCC1C1CCCCCN1C(=O)c1nn(-c2ccc(F)c(F)c2)c2c1CCC2. The number of amides is 1. The molecule has 0 bridgehead atoms. The number of fused-ring (bicyclic) bond motifs is 1. The van der Waals surface area contributed by atoms with Crippen molar-refractivity contribution in [2.75, 3.05) is 6.54 Å². The lowest BCUT2D eigenvalue weighted by Gasteiger charge is -2.36. The molecule has 1 aromatic heterocycles. The average Bonchev–Trinajstić information content (AvgIpc) is 3.31. The van der Waals surface area contributed by atoms with E-state index in [1.54, 1.807) is 4.68 Å². The Morgan fingerprint density at radius 3 is 2.59 bits per heavy atom. The number of halogens is 2. The van der Waals surface area contributed by atoms with Gasteiger partial charge < -0.3 is 4.90 Å². The maximum absolute atomic E-state index is 13.9. The number of carbonyl (C=O) groups excluding carboxylic acids is 2. The monoisotopic (exact) mass is 441 g/mol. The first-order valence-electron chi connectivity index (χ1n) is 11.9. The van der Waals surface area contributed by atoms with Crippen LogP contribution >= 0.6 is 0 Å². The van der Waals surface area contributed by atoms with E-state index in [1.165, 1.54) is 6.07 Å². The van der Waals surface area contributed by atoms with Gasteiger partial charge in [-0.15, -0.1) is 0 Å². The Kier molecular flexibility index (Phi) is 5.82. The van der Waals surface area contributed by atoms with Gasteiger partial charge in [0.05, 0.1) is 5.69 Å². The van der Waals surface area contributed by atoms with Gasteiger partial charge in [-0.3, -0.25) is 9.59 Å². The van der Waals surface area contributed by atoms with Crippen LogP contribution in [0.4, 0.5) is 8.78 Å². The van der Waals surface area contributed by atoms with Gasteiger partial charge in [0.1, 0.15) is 5.78 Å². The van der Waals surface area contributed by atoms with Crippen LogP contribution < -0.4 is 0 Å². The summed E-state index contributed by atoms with van der Waals surface area (Å²) >= 11 is 0. The van der Waals surface area contributed by atoms with Gasteiger partial charge in [-0.2, -0.15) is 5.10 Å². The smallest absolute Gasteiger partial charge is 0.274 e. The van der Waals surface area contributed by atoms with Crippen LogP contribution in [0.1, 0.15) is 79.5 Å². The van der Waals surface area contributed by atoms with Gasteiger partial charge in [0.25, 0.3) is 5.91 Å². The molecule has 3 aliphatic rings. The van der Waals surface area contributed by atoms with Gasteiger partial charge in [-0.25, -0.2) is 13.5 Å². The van der Waals surface area contributed by atoms with Gasteiger partial charge >= 0.3 is 0 Å². The van der Waals surface area contributed by atoms with E-state index in [9.17, 15) is 18.4 Å². The molecule has 2 heterocycles. The minimum atomic E-state index is -0.930. The fourth-order valence-electron chi connectivity index (χ4n) is 5.80. The minimum absolute atomic E-state index is 0.0664. The summed E-state index contributed by atoms with van der Waals surface area (Å²) in [4.78, 5) is 28.5. The van der Waals surface area contributed by atoms with E-state index in [1.807, 2.05) is 4.90 Å². The van der Waals surface area contributed by atoms with Crippen LogP contribution in [0.2, 0.25) is 0 Å². The summed E-state index contributed by atoms with van der Waals surface area (Å²) in [5.41, 5.74) is 2.66. The molecule has 170 valence electrons. The fourth-order valence-corrected chi connectivity index (χ4v) is 5.80. The standard InChI is InChI=1S/C25H29F2N3O2/c26-19-13-12-16(15-20(19)27)30-22-10-6-8-18(22)24(28-30)25(32)29-14-5-1-2-9-21(29)17-7-3-4-11-23(17)31/h12-13,15,17,21H,1-11,14H2. The molecular formula is C25H29F2N3O2. The highest BCUT2D eigenvalue weighted by molar-refractivity contribution is 5.95. The lowest BCUT2D eigenvalue weighted by Crippen LogP contribution is -2.47. The summed E-state index contributed by atoms with van der Waals surface area (Å²) < 4.78 is 29.0. The summed E-state index contributed by atoms with van der Waals surface area (Å²) in [6.45, 7) is 0.639. The van der Waals surface area contributed by atoms with Crippen molar-refractivity contribution in [3.63, 3.8) is 0 Å². The van der Waals surface area contributed by atoms with Crippen molar-refractivity contribution in [2.45, 2.75) is 76.7 Å². The topological polar surface area (TPSA) is 55.2 Å². The highest BCUT2D eigenvalue weighted by Gasteiger charge is 2.39. The molecule has 32 heavy (non-hydrogen) atoms. The molecule has 2 aromatic rings. The van der Waals surface area contributed by atoms with E-state index in [2.05, 4.69) is 5.10 Å². The number of hydrogen-bond donors (Lipinski definition) is 0. The van der Waals surface area contributed by atoms with Crippen molar-refractivity contribution in [3.05, 3.63) is 46.8 Å². The molecule has 5 rings (SSSR count). The highest BCUT2D eigenvalue weighted by Crippen LogP contribution is 2.34. The second kappa shape index (κ2) is 8.75. The number of likely N-dealkylation sites (tertiary alicyclic amines) is 1. The quantitative estimate of drug-likeness (QED) is 0.689. The van der Waals surface area contributed by atoms with Crippen LogP contribution in [0.5, 0.6) is 0 Å². The van der Waals surface area contributed by atoms with E-state index in [-0.39, 0.29) is 17.9 Å². The summed E-state index contributed by atoms with van der Waals surface area (Å²) in [5.74, 6) is -1.74. The fraction of sp³-hybridized carbons (Fsp3) is 0.560. The van der Waals surface area contributed by atoms with Crippen molar-refractivity contribution in [2.24, 2.45) is 5.92 Å². The predicted octanol–water partition coefficient (Wildman–Crippen LogP) is 4.78. The lowest BCUT2D eigenvalue weighted by atomic mass is 9.80. The molecule has 2 aliphatic carbocycles. The van der Waals surface area contributed by atoms with Crippen molar-refractivity contribution < 1.29 is 18.4 Å². The van der Waals surface area contributed by atoms with Crippen molar-refractivity contribution >= 4 is 11.7 Å². The number of Topliss-reactive ketones (excluding diaryl/α,β-unsaturated/α-hetero) is 1. The second-order valence-corrected chi connectivity index (χ2v) is 9.37. The molecule has 0 spiro atoms. The van der Waals surface area contributed by atoms with Gasteiger partial charge in [0.2, 0.25) is 0 Å². The molecule has 2 fully saturated rings. The Labute approximate surface area is 186 Å². The number of hydrogen-bond acceptors (Lipinski definition) is 3. The van der Waals surface area contributed by atoms with Crippen LogP contribution in [0.15, 0.2) is 18.2 Å². The molecule has 7 heteroatoms. The molecule has 1 aromatic carbocycles. The molecule has 1 aliphatic heterocycles. The van der Waals surface area contributed by atoms with Gasteiger partial charge in [0, 0.05) is 42.2 Å². The zero-order valence-corrected chi connectivity index (χ0v) is 18.3. The van der Waals surface area contributed by atoms with Crippen molar-refractivity contribution in [3.8, 4) is 5.69 Å². The lowest BCUT2D eigenvalue weighted by molar-refractivity contribution is -0.126. The first-order chi connectivity index (χ1) is 15.5. The third-order valence-electron chi connectivity index (χ3n) is 7.41. The molecule has 5 nitrogen and oxygen atoms in total. The summed E-state index contributed by atoms with van der Waals surface area (Å²) in [5, 5.41) is 4.63. The Balaban J connectivity index is 1.51.